The van der Waals surface area contributed by atoms with Gasteiger partial charge in [0.25, 0.3) is 5.91 Å². The van der Waals surface area contributed by atoms with Crippen molar-refractivity contribution in [1.29, 1.82) is 0 Å². The highest BCUT2D eigenvalue weighted by Gasteiger charge is 2.35. The maximum absolute atomic E-state index is 13.5. The van der Waals surface area contributed by atoms with Gasteiger partial charge in [0.05, 0.1) is 18.1 Å². The average molecular weight is 487 g/mol. The van der Waals surface area contributed by atoms with Crippen molar-refractivity contribution in [1.82, 2.24) is 4.90 Å². The lowest BCUT2D eigenvalue weighted by molar-refractivity contribution is 0.0681. The van der Waals surface area contributed by atoms with Crippen molar-refractivity contribution in [3.63, 3.8) is 0 Å². The Morgan fingerprint density at radius 1 is 0.971 bits per heavy atom. The van der Waals surface area contributed by atoms with E-state index >= 15 is 0 Å². The van der Waals surface area contributed by atoms with Crippen molar-refractivity contribution >= 4 is 21.4 Å². The van der Waals surface area contributed by atoms with Crippen LogP contribution < -0.4 is 9.64 Å². The van der Waals surface area contributed by atoms with Gasteiger partial charge in [-0.15, -0.1) is 0 Å². The fourth-order valence-corrected chi connectivity index (χ4v) is 5.97. The second kappa shape index (κ2) is 12.2. The van der Waals surface area contributed by atoms with E-state index in [4.69, 9.17) is 4.74 Å². The predicted molar refractivity (Wildman–Crippen MR) is 138 cm³/mol. The summed E-state index contributed by atoms with van der Waals surface area (Å²) in [6.07, 6.45) is 6.38. The highest BCUT2D eigenvalue weighted by molar-refractivity contribution is 7.91. The van der Waals surface area contributed by atoms with Crippen LogP contribution in [0.15, 0.2) is 48.5 Å². The summed E-state index contributed by atoms with van der Waals surface area (Å²) in [4.78, 5) is 17.2. The molecule has 1 aliphatic heterocycles. The summed E-state index contributed by atoms with van der Waals surface area (Å²) < 4.78 is 30.1. The Labute approximate surface area is 204 Å². The molecule has 1 amide bonds. The van der Waals surface area contributed by atoms with Crippen LogP contribution in [0.25, 0.3) is 0 Å². The van der Waals surface area contributed by atoms with Gasteiger partial charge in [0.15, 0.2) is 9.84 Å². The lowest BCUT2D eigenvalue weighted by Gasteiger charge is -2.29. The summed E-state index contributed by atoms with van der Waals surface area (Å²) in [6, 6.07) is 14.9. The second-order valence-corrected chi connectivity index (χ2v) is 11.6. The summed E-state index contributed by atoms with van der Waals surface area (Å²) in [5.74, 6) is 0.756. The molecule has 1 unspecified atom stereocenters. The number of benzene rings is 2. The van der Waals surface area contributed by atoms with E-state index in [1.165, 1.54) is 25.7 Å². The van der Waals surface area contributed by atoms with Crippen molar-refractivity contribution in [2.45, 2.75) is 58.0 Å². The molecular formula is C27H38N2O4S. The van der Waals surface area contributed by atoms with Gasteiger partial charge < -0.3 is 14.5 Å². The van der Waals surface area contributed by atoms with Gasteiger partial charge in [-0.3, -0.25) is 4.79 Å². The fraction of sp³-hybridized carbons (Fsp3) is 0.519. The maximum Gasteiger partial charge on any atom is 0.254 e. The van der Waals surface area contributed by atoms with Crippen LogP contribution in [0, 0.1) is 0 Å². The predicted octanol–water partition coefficient (Wildman–Crippen LogP) is 4.93. The molecule has 0 aromatic heterocycles. The Bertz CT molecular complexity index is 1020. The molecule has 2 aromatic rings. The first-order valence-corrected chi connectivity index (χ1v) is 14.1. The summed E-state index contributed by atoms with van der Waals surface area (Å²) in [7, 11) is 0.848. The Morgan fingerprint density at radius 3 is 2.24 bits per heavy atom. The fourth-order valence-electron chi connectivity index (χ4n) is 4.24. The normalized spacial score (nSPS) is 16.9. The van der Waals surface area contributed by atoms with E-state index in [9.17, 15) is 13.2 Å². The quantitative estimate of drug-likeness (QED) is 0.398. The summed E-state index contributed by atoms with van der Waals surface area (Å²) in [6.45, 7) is 3.25. The third kappa shape index (κ3) is 7.49. The molecule has 186 valence electrons. The first-order chi connectivity index (χ1) is 16.3. The van der Waals surface area contributed by atoms with Gasteiger partial charge in [0, 0.05) is 37.9 Å². The van der Waals surface area contributed by atoms with Gasteiger partial charge in [-0.1, -0.05) is 44.7 Å². The van der Waals surface area contributed by atoms with Gasteiger partial charge in [0.2, 0.25) is 0 Å². The topological polar surface area (TPSA) is 66.9 Å². The van der Waals surface area contributed by atoms with E-state index < -0.39 is 9.84 Å². The number of hydrogen-bond acceptors (Lipinski definition) is 5. The molecule has 0 N–H and O–H groups in total. The highest BCUT2D eigenvalue weighted by atomic mass is 32.2. The van der Waals surface area contributed by atoms with E-state index in [2.05, 4.69) is 6.92 Å². The molecule has 7 heteroatoms. The van der Waals surface area contributed by atoms with Crippen LogP contribution >= 0.6 is 0 Å². The number of unbranched alkanes of at least 4 members (excludes halogenated alkanes) is 4. The zero-order chi connectivity index (χ0) is 24.6. The van der Waals surface area contributed by atoms with Crippen LogP contribution in [-0.4, -0.2) is 57.5 Å². The minimum absolute atomic E-state index is 0.0216. The molecule has 1 saturated heterocycles. The lowest BCUT2D eigenvalue weighted by Crippen LogP contribution is -2.40. The summed E-state index contributed by atoms with van der Waals surface area (Å²) in [5.41, 5.74) is 2.60. The van der Waals surface area contributed by atoms with Crippen molar-refractivity contribution in [2.24, 2.45) is 0 Å². The smallest absolute Gasteiger partial charge is 0.254 e. The Balaban J connectivity index is 1.68. The number of ether oxygens (including phenoxy) is 1. The Morgan fingerprint density at radius 2 is 1.65 bits per heavy atom. The van der Waals surface area contributed by atoms with E-state index in [1.54, 1.807) is 17.0 Å². The standard InChI is InChI=1S/C27H38N2O4S/c1-4-5-6-7-8-18-33-26-15-11-23(12-16-26)27(30)29(25-17-19-34(31,32)21-25)20-22-9-13-24(14-10-22)28(2)3/h9-16,25H,4-8,17-21H2,1-3H3. The van der Waals surface area contributed by atoms with Crippen LogP contribution in [0.3, 0.4) is 0 Å². The first-order valence-electron chi connectivity index (χ1n) is 12.3. The van der Waals surface area contributed by atoms with Crippen LogP contribution in [0.2, 0.25) is 0 Å². The molecule has 0 bridgehead atoms. The molecule has 2 aromatic carbocycles. The third-order valence-corrected chi connectivity index (χ3v) is 8.08. The average Bonchev–Trinajstić information content (AvgIpc) is 3.19. The second-order valence-electron chi connectivity index (χ2n) is 9.34. The largest absolute Gasteiger partial charge is 0.494 e. The van der Waals surface area contributed by atoms with E-state index in [-0.39, 0.29) is 23.5 Å². The molecule has 34 heavy (non-hydrogen) atoms. The highest BCUT2D eigenvalue weighted by Crippen LogP contribution is 2.24. The molecule has 0 aliphatic carbocycles. The molecule has 0 radical (unpaired) electrons. The van der Waals surface area contributed by atoms with Crippen molar-refractivity contribution in [3.8, 4) is 5.75 Å². The van der Waals surface area contributed by atoms with Crippen molar-refractivity contribution < 1.29 is 17.9 Å². The van der Waals surface area contributed by atoms with E-state index in [1.807, 2.05) is 55.4 Å². The zero-order valence-corrected chi connectivity index (χ0v) is 21.5. The van der Waals surface area contributed by atoms with Gasteiger partial charge >= 0.3 is 0 Å². The van der Waals surface area contributed by atoms with Crippen LogP contribution in [0.5, 0.6) is 5.75 Å². The number of carbonyl (C=O) groups excluding carboxylic acids is 1. The molecule has 1 fully saturated rings. The molecule has 1 heterocycles. The lowest BCUT2D eigenvalue weighted by atomic mass is 10.1. The Hall–Kier alpha value is -2.54. The van der Waals surface area contributed by atoms with Crippen LogP contribution in [0.4, 0.5) is 5.69 Å². The van der Waals surface area contributed by atoms with Crippen LogP contribution in [-0.2, 0) is 16.4 Å². The number of hydrogen-bond donors (Lipinski definition) is 0. The molecule has 6 nitrogen and oxygen atoms in total. The maximum atomic E-state index is 13.5. The molecule has 0 saturated carbocycles. The van der Waals surface area contributed by atoms with Gasteiger partial charge in [-0.2, -0.15) is 0 Å². The molecule has 1 atom stereocenters. The van der Waals surface area contributed by atoms with Gasteiger partial charge in [-0.05, 0) is 54.8 Å². The minimum atomic E-state index is -3.11. The zero-order valence-electron chi connectivity index (χ0n) is 20.7. The number of rotatable bonds is 12. The number of carbonyl (C=O) groups is 1. The third-order valence-electron chi connectivity index (χ3n) is 6.33. The number of anilines is 1. The van der Waals surface area contributed by atoms with E-state index in [0.29, 0.717) is 25.1 Å². The molecule has 1 aliphatic rings. The van der Waals surface area contributed by atoms with Gasteiger partial charge in [-0.25, -0.2) is 8.42 Å². The monoisotopic (exact) mass is 486 g/mol. The number of amides is 1. The van der Waals surface area contributed by atoms with Gasteiger partial charge in [0.1, 0.15) is 5.75 Å². The summed E-state index contributed by atoms with van der Waals surface area (Å²) in [5, 5.41) is 0. The molecule has 0 spiro atoms. The van der Waals surface area contributed by atoms with E-state index in [0.717, 1.165) is 23.4 Å². The number of sulfone groups is 1. The molecule has 3 rings (SSSR count). The van der Waals surface area contributed by atoms with Crippen LogP contribution in [0.1, 0.15) is 61.4 Å². The van der Waals surface area contributed by atoms with Crippen molar-refractivity contribution in [2.75, 3.05) is 37.1 Å². The number of nitrogens with zero attached hydrogens (tertiary/aromatic N) is 2. The summed E-state index contributed by atoms with van der Waals surface area (Å²) >= 11 is 0. The van der Waals surface area contributed by atoms with Crippen molar-refractivity contribution in [3.05, 3.63) is 59.7 Å². The minimum Gasteiger partial charge on any atom is -0.494 e. The molecular weight excluding hydrogens is 448 g/mol. The first kappa shape index (κ1) is 26.1. The Kier molecular flexibility index (Phi) is 9.39. The SMILES string of the molecule is CCCCCCCOc1ccc(C(=O)N(Cc2ccc(N(C)C)cc2)C2CCS(=O)(=O)C2)cc1.